The third-order valence-electron chi connectivity index (χ3n) is 4.01. The molecular weight excluding hydrogens is 452 g/mol. The van der Waals surface area contributed by atoms with Gasteiger partial charge in [0.2, 0.25) is 10.0 Å². The van der Waals surface area contributed by atoms with Gasteiger partial charge in [-0.05, 0) is 49.2 Å². The number of sulfonamides is 1. The number of nitrogens with zero attached hydrogens (tertiary/aromatic N) is 1. The van der Waals surface area contributed by atoms with E-state index >= 15 is 0 Å². The number of carbonyl (C=O) groups excluding carboxylic acids is 1. The van der Waals surface area contributed by atoms with Crippen LogP contribution in [0.4, 0.5) is 8.78 Å². The fourth-order valence-corrected chi connectivity index (χ4v) is 3.75. The predicted octanol–water partition coefficient (Wildman–Crippen LogP) is 0.669. The number of hydroxylamine groups is 1. The van der Waals surface area contributed by atoms with E-state index in [1.165, 1.54) is 29.7 Å². The Hall–Kier alpha value is -3.49. The van der Waals surface area contributed by atoms with Gasteiger partial charge < -0.3 is 21.3 Å². The number of amides is 1. The Morgan fingerprint density at radius 3 is 2.28 bits per heavy atom. The number of nitrogens with one attached hydrogen (secondary N) is 2. The summed E-state index contributed by atoms with van der Waals surface area (Å²) in [5.41, 5.74) is 11.7. The molecule has 0 spiro atoms. The van der Waals surface area contributed by atoms with E-state index in [1.807, 2.05) is 4.72 Å². The van der Waals surface area contributed by atoms with Gasteiger partial charge in [-0.2, -0.15) is 4.72 Å². The topological polar surface area (TPSA) is 189 Å². The minimum Gasteiger partial charge on any atom is -0.508 e. The number of aliphatic imine (C=N–C) groups is 1. The van der Waals surface area contributed by atoms with Crippen LogP contribution in [0.25, 0.3) is 0 Å². The van der Waals surface area contributed by atoms with E-state index < -0.39 is 44.3 Å². The molecule has 0 bridgehead atoms. The Kier molecular flexibility index (Phi) is 8.28. The average molecular weight is 473 g/mol. The minimum absolute atomic E-state index is 0.00483. The second-order valence-corrected chi connectivity index (χ2v) is 8.12. The Balaban J connectivity index is 2.22. The van der Waals surface area contributed by atoms with E-state index in [4.69, 9.17) is 21.4 Å². The lowest BCUT2D eigenvalue weighted by Gasteiger charge is -2.17. The first-order chi connectivity index (χ1) is 15.0. The summed E-state index contributed by atoms with van der Waals surface area (Å²) in [7, 11) is -4.58. The molecule has 0 aliphatic rings. The normalized spacial score (nSPS) is 12.1. The highest BCUT2D eigenvalue weighted by Crippen LogP contribution is 2.30. The van der Waals surface area contributed by atoms with Crippen LogP contribution >= 0.6 is 0 Å². The van der Waals surface area contributed by atoms with Crippen molar-refractivity contribution in [3.8, 4) is 17.2 Å². The number of carbonyl (C=O) groups is 1. The number of aromatic hydroxyl groups is 1. The minimum atomic E-state index is -4.58. The number of benzene rings is 2. The van der Waals surface area contributed by atoms with Crippen LogP contribution in [0.3, 0.4) is 0 Å². The summed E-state index contributed by atoms with van der Waals surface area (Å²) >= 11 is 0. The lowest BCUT2D eigenvalue weighted by Crippen LogP contribution is -2.45. The number of guanidine groups is 1. The molecule has 1 atom stereocenters. The summed E-state index contributed by atoms with van der Waals surface area (Å²) in [4.78, 5) is 14.7. The number of hydrogen-bond donors (Lipinski definition) is 6. The largest absolute Gasteiger partial charge is 0.508 e. The summed E-state index contributed by atoms with van der Waals surface area (Å²) in [6.07, 6.45) is 0.0239. The highest BCUT2D eigenvalue weighted by molar-refractivity contribution is 7.89. The molecule has 0 saturated heterocycles. The third-order valence-corrected chi connectivity index (χ3v) is 5.46. The molecule has 2 aromatic rings. The number of phenolic OH excluding ortho intramolecular Hbond substituents is 1. The first-order valence-corrected chi connectivity index (χ1v) is 10.5. The van der Waals surface area contributed by atoms with E-state index in [0.29, 0.717) is 12.1 Å². The maximum absolute atomic E-state index is 14.4. The van der Waals surface area contributed by atoms with Crippen LogP contribution in [-0.4, -0.2) is 43.2 Å². The van der Waals surface area contributed by atoms with Gasteiger partial charge in [-0.1, -0.05) is 0 Å². The molecule has 0 radical (unpaired) electrons. The first-order valence-electron chi connectivity index (χ1n) is 9.01. The number of hydrogen-bond acceptors (Lipinski definition) is 7. The molecule has 0 saturated carbocycles. The summed E-state index contributed by atoms with van der Waals surface area (Å²) in [5.74, 6) is -4.90. The second kappa shape index (κ2) is 10.7. The molecule has 8 N–H and O–H groups in total. The van der Waals surface area contributed by atoms with E-state index in [2.05, 4.69) is 4.99 Å². The van der Waals surface area contributed by atoms with Crippen LogP contribution in [0.1, 0.15) is 12.8 Å². The van der Waals surface area contributed by atoms with Gasteiger partial charge in [0.05, 0.1) is 4.90 Å². The van der Waals surface area contributed by atoms with E-state index in [1.54, 1.807) is 0 Å². The molecule has 14 heteroatoms. The highest BCUT2D eigenvalue weighted by Gasteiger charge is 2.27. The van der Waals surface area contributed by atoms with Gasteiger partial charge in [0.1, 0.15) is 17.5 Å². The van der Waals surface area contributed by atoms with Gasteiger partial charge in [-0.15, -0.1) is 0 Å². The summed E-state index contributed by atoms with van der Waals surface area (Å²) < 4.78 is 61.0. The molecule has 0 heterocycles. The lowest BCUT2D eigenvalue weighted by atomic mass is 10.1. The molecular formula is C18H21F2N5O6S. The third kappa shape index (κ3) is 6.76. The Morgan fingerprint density at radius 2 is 1.75 bits per heavy atom. The van der Waals surface area contributed by atoms with Crippen LogP contribution < -0.4 is 26.4 Å². The molecule has 2 aromatic carbocycles. The summed E-state index contributed by atoms with van der Waals surface area (Å²) in [6.45, 7) is 0.0752. The maximum Gasteiger partial charge on any atom is 0.261 e. The molecule has 0 aliphatic carbocycles. The molecule has 0 aromatic heterocycles. The number of ether oxygens (including phenoxy) is 1. The van der Waals surface area contributed by atoms with Gasteiger partial charge in [0, 0.05) is 6.54 Å². The van der Waals surface area contributed by atoms with Crippen molar-refractivity contribution in [2.75, 3.05) is 6.54 Å². The van der Waals surface area contributed by atoms with Crippen molar-refractivity contribution in [3.63, 3.8) is 0 Å². The molecule has 0 fully saturated rings. The van der Waals surface area contributed by atoms with Crippen molar-refractivity contribution in [2.45, 2.75) is 23.8 Å². The van der Waals surface area contributed by atoms with Gasteiger partial charge in [0.25, 0.3) is 5.91 Å². The van der Waals surface area contributed by atoms with Crippen molar-refractivity contribution in [1.29, 1.82) is 0 Å². The van der Waals surface area contributed by atoms with Crippen molar-refractivity contribution in [2.24, 2.45) is 16.5 Å². The molecule has 1 amide bonds. The van der Waals surface area contributed by atoms with Crippen LogP contribution in [0, 0.1) is 11.6 Å². The quantitative estimate of drug-likeness (QED) is 0.0954. The van der Waals surface area contributed by atoms with Gasteiger partial charge >= 0.3 is 0 Å². The standard InChI is InChI=1S/C18H21F2N5O6S/c19-13-8-12(9-14(20)16(13)31-11-5-3-10(26)4-6-11)32(29,30)25-15(17(27)24-28)2-1-7-23-18(21)22/h3-6,8-9,15,25-26,28H,1-2,7H2,(H,24,27)(H4,21,22,23). The maximum atomic E-state index is 14.4. The van der Waals surface area contributed by atoms with Gasteiger partial charge in [-0.25, -0.2) is 22.7 Å². The Labute approximate surface area is 181 Å². The summed E-state index contributed by atoms with van der Waals surface area (Å²) in [5, 5.41) is 18.1. The van der Waals surface area contributed by atoms with E-state index in [0.717, 1.165) is 0 Å². The number of rotatable bonds is 10. The number of nitrogens with two attached hydrogens (primary N) is 2. The zero-order chi connectivity index (χ0) is 23.9. The number of phenols is 1. The molecule has 2 rings (SSSR count). The molecule has 11 nitrogen and oxygen atoms in total. The Bertz CT molecular complexity index is 1070. The Morgan fingerprint density at radius 1 is 1.16 bits per heavy atom. The lowest BCUT2D eigenvalue weighted by molar-refractivity contribution is -0.131. The fraction of sp³-hybridized carbons (Fsp3) is 0.222. The van der Waals surface area contributed by atoms with E-state index in [-0.39, 0.29) is 36.8 Å². The van der Waals surface area contributed by atoms with Crippen molar-refractivity contribution in [1.82, 2.24) is 10.2 Å². The molecule has 174 valence electrons. The fourth-order valence-electron chi connectivity index (χ4n) is 2.50. The van der Waals surface area contributed by atoms with Crippen LogP contribution in [0.15, 0.2) is 46.3 Å². The van der Waals surface area contributed by atoms with Crippen LogP contribution in [-0.2, 0) is 14.8 Å². The van der Waals surface area contributed by atoms with E-state index in [9.17, 15) is 27.1 Å². The van der Waals surface area contributed by atoms with Crippen molar-refractivity contribution >= 4 is 21.9 Å². The smallest absolute Gasteiger partial charge is 0.261 e. The second-order valence-electron chi connectivity index (χ2n) is 6.41. The summed E-state index contributed by atoms with van der Waals surface area (Å²) in [6, 6.07) is 4.50. The van der Waals surface area contributed by atoms with Crippen molar-refractivity contribution < 1.29 is 37.0 Å². The van der Waals surface area contributed by atoms with Crippen LogP contribution in [0.2, 0.25) is 0 Å². The SMILES string of the molecule is NC(N)=NCCCC(NS(=O)(=O)c1cc(F)c(Oc2ccc(O)cc2)c(F)c1)C(=O)NO. The van der Waals surface area contributed by atoms with Crippen molar-refractivity contribution in [3.05, 3.63) is 48.0 Å². The molecule has 32 heavy (non-hydrogen) atoms. The molecule has 0 aliphatic heterocycles. The van der Waals surface area contributed by atoms with Gasteiger partial charge in [-0.3, -0.25) is 15.0 Å². The molecule has 1 unspecified atom stereocenters. The zero-order valence-corrected chi connectivity index (χ0v) is 17.3. The highest BCUT2D eigenvalue weighted by atomic mass is 32.2. The van der Waals surface area contributed by atoms with Gasteiger partial charge in [0.15, 0.2) is 23.3 Å². The number of halogens is 2. The predicted molar refractivity (Wildman–Crippen MR) is 108 cm³/mol. The average Bonchev–Trinajstić information content (AvgIpc) is 2.73. The first kappa shape index (κ1) is 24.8. The monoisotopic (exact) mass is 473 g/mol. The zero-order valence-electron chi connectivity index (χ0n) is 16.5. The van der Waals surface area contributed by atoms with Crippen LogP contribution in [0.5, 0.6) is 17.2 Å².